The molecule has 4 rings (SSSR count). The van der Waals surface area contributed by atoms with Crippen molar-refractivity contribution in [2.75, 3.05) is 25.0 Å². The van der Waals surface area contributed by atoms with E-state index in [1.807, 2.05) is 12.1 Å². The number of nitrogens with zero attached hydrogens (tertiary/aromatic N) is 3. The van der Waals surface area contributed by atoms with Gasteiger partial charge in [0.05, 0.1) is 30.0 Å². The van der Waals surface area contributed by atoms with Gasteiger partial charge >= 0.3 is 0 Å². The number of hydrogen-bond donors (Lipinski definition) is 2. The van der Waals surface area contributed by atoms with Crippen LogP contribution in [0.4, 0.5) is 5.82 Å². The van der Waals surface area contributed by atoms with Gasteiger partial charge in [-0.15, -0.1) is 0 Å². The molecule has 0 bridgehead atoms. The van der Waals surface area contributed by atoms with Crippen LogP contribution in [0.5, 0.6) is 5.75 Å². The summed E-state index contributed by atoms with van der Waals surface area (Å²) in [4.78, 5) is 10.9. The van der Waals surface area contributed by atoms with Gasteiger partial charge in [-0.1, -0.05) is 24.6 Å². The highest BCUT2D eigenvalue weighted by Gasteiger charge is 2.41. The second-order valence-corrected chi connectivity index (χ2v) is 8.61. The first kappa shape index (κ1) is 20.4. The second kappa shape index (κ2) is 9.28. The number of anilines is 1. The molecular formula is C22H29ClN4O2. The van der Waals surface area contributed by atoms with Crippen LogP contribution >= 0.6 is 11.6 Å². The summed E-state index contributed by atoms with van der Waals surface area (Å²) in [6.07, 6.45) is 7.41. The van der Waals surface area contributed by atoms with E-state index in [9.17, 15) is 5.11 Å². The smallest absolute Gasteiger partial charge is 0.144 e. The molecule has 0 spiro atoms. The predicted octanol–water partition coefficient (Wildman–Crippen LogP) is 3.60. The third-order valence-corrected chi connectivity index (χ3v) is 6.27. The number of nitrogens with one attached hydrogen (secondary N) is 1. The van der Waals surface area contributed by atoms with Crippen molar-refractivity contribution in [1.82, 2.24) is 14.9 Å². The van der Waals surface area contributed by atoms with Gasteiger partial charge in [-0.25, -0.2) is 4.98 Å². The van der Waals surface area contributed by atoms with Crippen LogP contribution in [0.3, 0.4) is 0 Å². The molecule has 2 N–H and O–H groups in total. The van der Waals surface area contributed by atoms with E-state index in [1.54, 1.807) is 18.6 Å². The molecular weight excluding hydrogens is 388 g/mol. The van der Waals surface area contributed by atoms with Gasteiger partial charge < -0.3 is 15.2 Å². The molecule has 2 heterocycles. The number of halogens is 1. The molecule has 1 saturated heterocycles. The first-order valence-corrected chi connectivity index (χ1v) is 10.8. The summed E-state index contributed by atoms with van der Waals surface area (Å²) in [5, 5.41) is 14.7. The van der Waals surface area contributed by atoms with Crippen molar-refractivity contribution < 1.29 is 9.84 Å². The Kier molecular flexibility index (Phi) is 6.53. The third-order valence-electron chi connectivity index (χ3n) is 5.98. The zero-order valence-electron chi connectivity index (χ0n) is 16.8. The Morgan fingerprint density at radius 1 is 1.24 bits per heavy atom. The van der Waals surface area contributed by atoms with Crippen LogP contribution in [0.15, 0.2) is 36.8 Å². The first-order valence-electron chi connectivity index (χ1n) is 10.5. The number of likely N-dealkylation sites (tertiary alicyclic amines) is 1. The second-order valence-electron chi connectivity index (χ2n) is 8.21. The minimum absolute atomic E-state index is 0.0253. The number of ether oxygens (including phenoxy) is 1. The predicted molar refractivity (Wildman–Crippen MR) is 114 cm³/mol. The summed E-state index contributed by atoms with van der Waals surface area (Å²) in [6, 6.07) is 6.12. The zero-order valence-corrected chi connectivity index (χ0v) is 17.6. The number of aromatic nitrogens is 2. The third kappa shape index (κ3) is 5.00. The molecule has 2 aromatic rings. The Morgan fingerprint density at radius 2 is 2.07 bits per heavy atom. The fourth-order valence-corrected chi connectivity index (χ4v) is 4.86. The normalized spacial score (nSPS) is 26.9. The molecule has 1 saturated carbocycles. The Bertz CT molecular complexity index is 807. The van der Waals surface area contributed by atoms with Gasteiger partial charge in [0.1, 0.15) is 11.6 Å². The van der Waals surface area contributed by atoms with Crippen molar-refractivity contribution in [3.63, 3.8) is 0 Å². The van der Waals surface area contributed by atoms with Gasteiger partial charge in [0.2, 0.25) is 0 Å². The van der Waals surface area contributed by atoms with E-state index in [4.69, 9.17) is 16.3 Å². The van der Waals surface area contributed by atoms with E-state index in [1.165, 1.54) is 5.56 Å². The van der Waals surface area contributed by atoms with Crippen molar-refractivity contribution in [3.05, 3.63) is 47.4 Å². The standard InChI is InChI=1S/C22H29ClN4O2/c1-2-7-29-21-4-3-15(8-18(21)23)12-27-13-16-9-19(20(28)10-17(16)14-27)26-22-11-24-5-6-25-22/h3-6,8,11,16-17,19-20,28H,2,7,9-10,12-14H2,1H3,(H,25,26)/t16-,17+,19-,20-/m1/s1. The van der Waals surface area contributed by atoms with E-state index in [0.717, 1.165) is 50.5 Å². The molecule has 0 radical (unpaired) electrons. The fourth-order valence-electron chi connectivity index (χ4n) is 4.61. The largest absolute Gasteiger partial charge is 0.492 e. The Labute approximate surface area is 177 Å². The van der Waals surface area contributed by atoms with Crippen LogP contribution in [0.2, 0.25) is 5.02 Å². The molecule has 0 amide bonds. The van der Waals surface area contributed by atoms with E-state index in [0.29, 0.717) is 23.5 Å². The van der Waals surface area contributed by atoms with Gasteiger partial charge in [-0.2, -0.15) is 0 Å². The lowest BCUT2D eigenvalue weighted by Crippen LogP contribution is -2.43. The number of rotatable bonds is 7. The first-order chi connectivity index (χ1) is 14.1. The van der Waals surface area contributed by atoms with E-state index >= 15 is 0 Å². The number of hydrogen-bond acceptors (Lipinski definition) is 6. The molecule has 2 fully saturated rings. The summed E-state index contributed by atoms with van der Waals surface area (Å²) >= 11 is 6.39. The van der Waals surface area contributed by atoms with E-state index < -0.39 is 0 Å². The molecule has 1 aromatic carbocycles. The Balaban J connectivity index is 1.34. The average molecular weight is 417 g/mol. The average Bonchev–Trinajstić information content (AvgIpc) is 3.09. The Hall–Kier alpha value is -1.89. The minimum atomic E-state index is -0.359. The van der Waals surface area contributed by atoms with Crippen LogP contribution in [-0.4, -0.2) is 51.8 Å². The van der Waals surface area contributed by atoms with Crippen LogP contribution < -0.4 is 10.1 Å². The summed E-state index contributed by atoms with van der Waals surface area (Å²) in [5.41, 5.74) is 1.20. The lowest BCUT2D eigenvalue weighted by Gasteiger charge is -2.35. The highest BCUT2D eigenvalue weighted by atomic mass is 35.5. The molecule has 2 aliphatic rings. The molecule has 6 nitrogen and oxygen atoms in total. The molecule has 7 heteroatoms. The van der Waals surface area contributed by atoms with Crippen molar-refractivity contribution in [3.8, 4) is 5.75 Å². The number of aliphatic hydroxyl groups is 1. The lowest BCUT2D eigenvalue weighted by atomic mass is 9.77. The number of fused-ring (bicyclic) bond motifs is 1. The summed E-state index contributed by atoms with van der Waals surface area (Å²) in [7, 11) is 0. The molecule has 29 heavy (non-hydrogen) atoms. The fraction of sp³-hybridized carbons (Fsp3) is 0.545. The van der Waals surface area contributed by atoms with Gasteiger partial charge in [0.15, 0.2) is 0 Å². The maximum absolute atomic E-state index is 10.6. The van der Waals surface area contributed by atoms with Crippen LogP contribution in [-0.2, 0) is 6.54 Å². The number of aliphatic hydroxyl groups excluding tert-OH is 1. The van der Waals surface area contributed by atoms with Crippen molar-refractivity contribution >= 4 is 17.4 Å². The van der Waals surface area contributed by atoms with Crippen molar-refractivity contribution in [1.29, 1.82) is 0 Å². The summed E-state index contributed by atoms with van der Waals surface area (Å²) in [5.74, 6) is 2.60. The molecule has 4 atom stereocenters. The van der Waals surface area contributed by atoms with E-state index in [2.05, 4.69) is 33.2 Å². The SMILES string of the molecule is CCCOc1ccc(CN2C[C@H]3C[C@@H](Nc4cnccn4)[C@H](O)C[C@H]3C2)cc1Cl. The number of benzene rings is 1. The maximum Gasteiger partial charge on any atom is 0.144 e. The van der Waals surface area contributed by atoms with Gasteiger partial charge in [0.25, 0.3) is 0 Å². The van der Waals surface area contributed by atoms with E-state index in [-0.39, 0.29) is 12.1 Å². The Morgan fingerprint density at radius 3 is 2.79 bits per heavy atom. The monoisotopic (exact) mass is 416 g/mol. The molecule has 1 aliphatic carbocycles. The summed E-state index contributed by atoms with van der Waals surface area (Å²) < 4.78 is 5.67. The molecule has 1 aromatic heterocycles. The highest BCUT2D eigenvalue weighted by molar-refractivity contribution is 6.32. The maximum atomic E-state index is 10.6. The highest BCUT2D eigenvalue weighted by Crippen LogP contribution is 2.38. The van der Waals surface area contributed by atoms with Gasteiger partial charge in [-0.05, 0) is 48.8 Å². The van der Waals surface area contributed by atoms with Crippen molar-refractivity contribution in [2.45, 2.75) is 44.9 Å². The molecule has 156 valence electrons. The quantitative estimate of drug-likeness (QED) is 0.718. The topological polar surface area (TPSA) is 70.5 Å². The molecule has 0 unspecified atom stereocenters. The van der Waals surface area contributed by atoms with Gasteiger partial charge in [-0.3, -0.25) is 9.88 Å². The molecule has 1 aliphatic heterocycles. The summed E-state index contributed by atoms with van der Waals surface area (Å²) in [6.45, 7) is 5.70. The van der Waals surface area contributed by atoms with Crippen molar-refractivity contribution in [2.24, 2.45) is 11.8 Å². The minimum Gasteiger partial charge on any atom is -0.492 e. The van der Waals surface area contributed by atoms with Crippen LogP contribution in [0, 0.1) is 11.8 Å². The lowest BCUT2D eigenvalue weighted by molar-refractivity contribution is 0.0735. The zero-order chi connectivity index (χ0) is 20.2. The van der Waals surface area contributed by atoms with Crippen LogP contribution in [0.25, 0.3) is 0 Å². The van der Waals surface area contributed by atoms with Gasteiger partial charge in [0, 0.05) is 32.0 Å². The van der Waals surface area contributed by atoms with Crippen LogP contribution in [0.1, 0.15) is 31.7 Å².